The van der Waals surface area contributed by atoms with Crippen LogP contribution in [0.4, 0.5) is 0 Å². The van der Waals surface area contributed by atoms with Crippen molar-refractivity contribution in [3.63, 3.8) is 0 Å². The van der Waals surface area contributed by atoms with Crippen molar-refractivity contribution < 1.29 is 9.90 Å². The van der Waals surface area contributed by atoms with Gasteiger partial charge in [-0.2, -0.15) is 0 Å². The zero-order chi connectivity index (χ0) is 13.8. The fourth-order valence-corrected chi connectivity index (χ4v) is 2.45. The van der Waals surface area contributed by atoms with Crippen molar-refractivity contribution >= 4 is 5.97 Å². The molecule has 1 heterocycles. The van der Waals surface area contributed by atoms with Crippen molar-refractivity contribution in [2.45, 2.75) is 19.4 Å². The number of nitrogens with zero attached hydrogens (tertiary/aromatic N) is 2. The second-order valence-electron chi connectivity index (χ2n) is 5.38. The summed E-state index contributed by atoms with van der Waals surface area (Å²) in [5.41, 5.74) is 2.30. The third-order valence-electron chi connectivity index (χ3n) is 3.81. The zero-order valence-corrected chi connectivity index (χ0v) is 11.7. The average molecular weight is 262 g/mol. The molecule has 1 saturated heterocycles. The number of benzene rings is 1. The van der Waals surface area contributed by atoms with Crippen molar-refractivity contribution in [3.8, 4) is 0 Å². The van der Waals surface area contributed by atoms with Crippen LogP contribution in [0.25, 0.3) is 0 Å². The van der Waals surface area contributed by atoms with E-state index in [1.807, 2.05) is 31.2 Å². The molecule has 1 aromatic rings. The number of hydrogen-bond donors (Lipinski definition) is 1. The molecule has 0 amide bonds. The van der Waals surface area contributed by atoms with E-state index in [2.05, 4.69) is 16.8 Å². The van der Waals surface area contributed by atoms with Gasteiger partial charge in [0.15, 0.2) is 0 Å². The summed E-state index contributed by atoms with van der Waals surface area (Å²) in [6, 6.07) is 7.73. The Balaban J connectivity index is 2.04. The Morgan fingerprint density at radius 3 is 2.32 bits per heavy atom. The van der Waals surface area contributed by atoms with Gasteiger partial charge in [0, 0.05) is 26.2 Å². The van der Waals surface area contributed by atoms with Gasteiger partial charge in [0.25, 0.3) is 0 Å². The van der Waals surface area contributed by atoms with Gasteiger partial charge in [-0.05, 0) is 26.0 Å². The van der Waals surface area contributed by atoms with E-state index < -0.39 is 12.0 Å². The smallest absolute Gasteiger partial charge is 0.321 e. The number of piperazine rings is 1. The van der Waals surface area contributed by atoms with Gasteiger partial charge in [-0.1, -0.05) is 29.8 Å². The average Bonchev–Trinajstić information content (AvgIpc) is 2.39. The van der Waals surface area contributed by atoms with Gasteiger partial charge in [0.05, 0.1) is 0 Å². The Morgan fingerprint density at radius 2 is 1.79 bits per heavy atom. The quantitative estimate of drug-likeness (QED) is 0.886. The van der Waals surface area contributed by atoms with Gasteiger partial charge in [-0.25, -0.2) is 0 Å². The van der Waals surface area contributed by atoms with E-state index in [1.165, 1.54) is 5.56 Å². The Morgan fingerprint density at radius 1 is 1.21 bits per heavy atom. The Bertz CT molecular complexity index is 422. The van der Waals surface area contributed by atoms with E-state index in [1.54, 1.807) is 0 Å². The molecule has 0 unspecified atom stereocenters. The van der Waals surface area contributed by atoms with Crippen LogP contribution < -0.4 is 0 Å². The molecule has 1 N–H and O–H groups in total. The number of likely N-dealkylation sites (N-methyl/N-ethyl adjacent to an activating group) is 1. The van der Waals surface area contributed by atoms with Crippen LogP contribution in [0.15, 0.2) is 24.3 Å². The molecule has 1 aromatic carbocycles. The van der Waals surface area contributed by atoms with E-state index in [9.17, 15) is 9.90 Å². The summed E-state index contributed by atoms with van der Waals surface area (Å²) in [5, 5.41) is 9.45. The predicted octanol–water partition coefficient (Wildman–Crippen LogP) is 1.24. The molecule has 0 saturated carbocycles. The van der Waals surface area contributed by atoms with Crippen molar-refractivity contribution in [1.29, 1.82) is 0 Å². The second-order valence-corrected chi connectivity index (χ2v) is 5.38. The number of carboxylic acid groups (broad SMARTS) is 1. The fourth-order valence-electron chi connectivity index (χ4n) is 2.45. The fraction of sp³-hybridized carbons (Fsp3) is 0.533. The maximum Gasteiger partial charge on any atom is 0.321 e. The zero-order valence-electron chi connectivity index (χ0n) is 11.7. The predicted molar refractivity (Wildman–Crippen MR) is 75.4 cm³/mol. The molecule has 4 heteroatoms. The molecule has 4 nitrogen and oxygen atoms in total. The lowest BCUT2D eigenvalue weighted by Crippen LogP contribution is -2.52. The van der Waals surface area contributed by atoms with Gasteiger partial charge >= 0.3 is 5.97 Å². The summed E-state index contributed by atoms with van der Waals surface area (Å²) in [6.07, 6.45) is 0.583. The molecule has 0 spiro atoms. The highest BCUT2D eigenvalue weighted by Crippen LogP contribution is 2.13. The molecule has 1 atom stereocenters. The van der Waals surface area contributed by atoms with Gasteiger partial charge in [-0.15, -0.1) is 0 Å². The van der Waals surface area contributed by atoms with Crippen molar-refractivity contribution in [2.24, 2.45) is 0 Å². The minimum atomic E-state index is -0.717. The molecular weight excluding hydrogens is 240 g/mol. The van der Waals surface area contributed by atoms with Crippen LogP contribution in [0.2, 0.25) is 0 Å². The Hall–Kier alpha value is -1.39. The first-order valence-electron chi connectivity index (χ1n) is 6.77. The first-order valence-corrected chi connectivity index (χ1v) is 6.77. The van der Waals surface area contributed by atoms with E-state index in [4.69, 9.17) is 0 Å². The molecule has 1 aliphatic rings. The number of rotatable bonds is 4. The van der Waals surface area contributed by atoms with Crippen LogP contribution in [0.3, 0.4) is 0 Å². The number of carboxylic acids is 1. The van der Waals surface area contributed by atoms with Crippen molar-refractivity contribution in [1.82, 2.24) is 9.80 Å². The summed E-state index contributed by atoms with van der Waals surface area (Å²) >= 11 is 0. The largest absolute Gasteiger partial charge is 0.480 e. The first-order chi connectivity index (χ1) is 9.06. The molecule has 0 bridgehead atoms. The van der Waals surface area contributed by atoms with Gasteiger partial charge in [0.2, 0.25) is 0 Å². The molecule has 0 radical (unpaired) electrons. The molecular formula is C15H22N2O2. The van der Waals surface area contributed by atoms with Crippen LogP contribution in [0, 0.1) is 6.92 Å². The molecule has 1 aliphatic heterocycles. The van der Waals surface area contributed by atoms with Crippen LogP contribution in [-0.2, 0) is 11.2 Å². The van der Waals surface area contributed by atoms with Gasteiger partial charge < -0.3 is 10.0 Å². The molecule has 104 valence electrons. The standard InChI is InChI=1S/C15H22N2O2/c1-12-3-5-13(6-4-12)11-14(15(18)19)17-9-7-16(2)8-10-17/h3-6,14H,7-11H2,1-2H3,(H,18,19)/t14-/m1/s1. The minimum absolute atomic E-state index is 0.406. The van der Waals surface area contributed by atoms with Gasteiger partial charge in [-0.3, -0.25) is 9.69 Å². The molecule has 1 fully saturated rings. The minimum Gasteiger partial charge on any atom is -0.480 e. The Labute approximate surface area is 114 Å². The molecule has 0 aromatic heterocycles. The van der Waals surface area contributed by atoms with Crippen LogP contribution in [-0.4, -0.2) is 60.1 Å². The maximum absolute atomic E-state index is 11.5. The van der Waals surface area contributed by atoms with E-state index in [-0.39, 0.29) is 0 Å². The summed E-state index contributed by atoms with van der Waals surface area (Å²) in [5.74, 6) is -0.717. The summed E-state index contributed by atoms with van der Waals surface area (Å²) in [6.45, 7) is 5.59. The highest BCUT2D eigenvalue weighted by molar-refractivity contribution is 5.74. The highest BCUT2D eigenvalue weighted by atomic mass is 16.4. The van der Waals surface area contributed by atoms with Crippen molar-refractivity contribution in [2.75, 3.05) is 33.2 Å². The third-order valence-corrected chi connectivity index (χ3v) is 3.81. The Kier molecular flexibility index (Phi) is 4.56. The van der Waals surface area contributed by atoms with Crippen LogP contribution in [0.5, 0.6) is 0 Å². The summed E-state index contributed by atoms with van der Waals surface area (Å²) in [7, 11) is 2.08. The lowest BCUT2D eigenvalue weighted by Gasteiger charge is -2.36. The van der Waals surface area contributed by atoms with Crippen LogP contribution in [0.1, 0.15) is 11.1 Å². The number of aryl methyl sites for hydroxylation is 1. The topological polar surface area (TPSA) is 43.8 Å². The normalized spacial score (nSPS) is 19.3. The lowest BCUT2D eigenvalue weighted by atomic mass is 10.0. The highest BCUT2D eigenvalue weighted by Gasteiger charge is 2.28. The van der Waals surface area contributed by atoms with Gasteiger partial charge in [0.1, 0.15) is 6.04 Å². The summed E-state index contributed by atoms with van der Waals surface area (Å²) in [4.78, 5) is 15.8. The molecule has 2 rings (SSSR count). The maximum atomic E-state index is 11.5. The third kappa shape index (κ3) is 3.78. The monoisotopic (exact) mass is 262 g/mol. The second kappa shape index (κ2) is 6.17. The molecule has 0 aliphatic carbocycles. The summed E-state index contributed by atoms with van der Waals surface area (Å²) < 4.78 is 0. The first kappa shape index (κ1) is 14.0. The van der Waals surface area contributed by atoms with E-state index in [0.29, 0.717) is 6.42 Å². The van der Waals surface area contributed by atoms with Crippen molar-refractivity contribution in [3.05, 3.63) is 35.4 Å². The number of carbonyl (C=O) groups is 1. The van der Waals surface area contributed by atoms with E-state index >= 15 is 0 Å². The molecule has 19 heavy (non-hydrogen) atoms. The number of hydrogen-bond acceptors (Lipinski definition) is 3. The SMILES string of the molecule is Cc1ccc(C[C@H](C(=O)O)N2CCN(C)CC2)cc1. The van der Waals surface area contributed by atoms with E-state index in [0.717, 1.165) is 31.7 Å². The lowest BCUT2D eigenvalue weighted by molar-refractivity contribution is -0.144. The number of aliphatic carboxylic acids is 1. The van der Waals surface area contributed by atoms with Crippen LogP contribution >= 0.6 is 0 Å².